The highest BCUT2D eigenvalue weighted by atomic mass is 16.5. The normalized spacial score (nSPS) is 19.9. The van der Waals surface area contributed by atoms with Crippen LogP contribution in [0.15, 0.2) is 24.3 Å². The Labute approximate surface area is 98.4 Å². The number of benzene rings is 1. The number of para-hydroxylation sites is 1. The second-order valence-corrected chi connectivity index (χ2v) is 4.26. The third-order valence-corrected chi connectivity index (χ3v) is 3.11. The largest absolute Gasteiger partial charge is 0.381 e. The lowest BCUT2D eigenvalue weighted by Gasteiger charge is -2.06. The van der Waals surface area contributed by atoms with Crippen molar-refractivity contribution in [3.63, 3.8) is 0 Å². The van der Waals surface area contributed by atoms with Crippen molar-refractivity contribution < 1.29 is 9.53 Å². The first kappa shape index (κ1) is 10.4. The number of rotatable bonds is 3. The molecule has 1 saturated heterocycles. The zero-order valence-corrected chi connectivity index (χ0v) is 9.37. The van der Waals surface area contributed by atoms with Crippen molar-refractivity contribution in [2.24, 2.45) is 5.92 Å². The van der Waals surface area contributed by atoms with E-state index in [4.69, 9.17) is 4.74 Å². The van der Waals surface area contributed by atoms with Gasteiger partial charge >= 0.3 is 0 Å². The quantitative estimate of drug-likeness (QED) is 0.791. The molecule has 3 rings (SSSR count). The van der Waals surface area contributed by atoms with E-state index in [9.17, 15) is 4.79 Å². The Morgan fingerprint density at radius 3 is 3.18 bits per heavy atom. The summed E-state index contributed by atoms with van der Waals surface area (Å²) in [6, 6.07) is 7.65. The number of carbonyl (C=O) groups excluding carboxylic acids is 1. The number of hydrogen-bond donors (Lipinski definition) is 0. The van der Waals surface area contributed by atoms with Crippen LogP contribution in [0.5, 0.6) is 0 Å². The standard InChI is InChI=1S/C12H13N3O2/c16-12(9-5-6-17-8-9)7-15-11-4-2-1-3-10(11)13-14-15/h1-4,9H,5-8H2. The maximum atomic E-state index is 12.0. The molecule has 17 heavy (non-hydrogen) atoms. The molecule has 0 spiro atoms. The van der Waals surface area contributed by atoms with Crippen molar-refractivity contribution in [3.05, 3.63) is 24.3 Å². The summed E-state index contributed by atoms with van der Waals surface area (Å²) >= 11 is 0. The predicted molar refractivity (Wildman–Crippen MR) is 61.5 cm³/mol. The predicted octanol–water partition coefficient (Wildman–Crippen LogP) is 1.04. The van der Waals surface area contributed by atoms with Crippen molar-refractivity contribution in [2.75, 3.05) is 13.2 Å². The van der Waals surface area contributed by atoms with Crippen molar-refractivity contribution in [1.29, 1.82) is 0 Å². The molecule has 88 valence electrons. The SMILES string of the molecule is O=C(Cn1nnc2ccccc21)C1CCOC1. The third-order valence-electron chi connectivity index (χ3n) is 3.11. The number of aromatic nitrogens is 3. The van der Waals surface area contributed by atoms with Gasteiger partial charge in [0.25, 0.3) is 0 Å². The second-order valence-electron chi connectivity index (χ2n) is 4.26. The molecule has 0 saturated carbocycles. The van der Waals surface area contributed by atoms with Gasteiger partial charge in [-0.1, -0.05) is 17.3 Å². The van der Waals surface area contributed by atoms with Gasteiger partial charge in [0.2, 0.25) is 0 Å². The van der Waals surface area contributed by atoms with E-state index in [0.29, 0.717) is 13.2 Å². The van der Waals surface area contributed by atoms with Crippen LogP contribution in [0.2, 0.25) is 0 Å². The lowest BCUT2D eigenvalue weighted by atomic mass is 10.0. The summed E-state index contributed by atoms with van der Waals surface area (Å²) in [6.07, 6.45) is 0.825. The minimum Gasteiger partial charge on any atom is -0.381 e. The van der Waals surface area contributed by atoms with Crippen molar-refractivity contribution >= 4 is 16.8 Å². The molecule has 1 aliphatic heterocycles. The average Bonchev–Trinajstić information content (AvgIpc) is 2.98. The van der Waals surface area contributed by atoms with Crippen molar-refractivity contribution in [2.45, 2.75) is 13.0 Å². The molecule has 0 radical (unpaired) electrons. The van der Waals surface area contributed by atoms with E-state index < -0.39 is 0 Å². The summed E-state index contributed by atoms with van der Waals surface area (Å²) in [6.45, 7) is 1.52. The van der Waals surface area contributed by atoms with Crippen molar-refractivity contribution in [1.82, 2.24) is 15.0 Å². The van der Waals surface area contributed by atoms with Gasteiger partial charge in [-0.15, -0.1) is 5.10 Å². The third kappa shape index (κ3) is 1.93. The van der Waals surface area contributed by atoms with Crippen LogP contribution in [0, 0.1) is 5.92 Å². The fraction of sp³-hybridized carbons (Fsp3) is 0.417. The summed E-state index contributed by atoms with van der Waals surface area (Å²) < 4.78 is 6.88. The lowest BCUT2D eigenvalue weighted by Crippen LogP contribution is -2.21. The number of hydrogen-bond acceptors (Lipinski definition) is 4. The number of ether oxygens (including phenoxy) is 1. The number of Topliss-reactive ketones (excluding diaryl/α,β-unsaturated/α-hetero) is 1. The van der Waals surface area contributed by atoms with Gasteiger partial charge in [0, 0.05) is 12.5 Å². The minimum atomic E-state index is 0.0259. The van der Waals surface area contributed by atoms with Crippen LogP contribution in [-0.4, -0.2) is 34.0 Å². The number of ketones is 1. The number of carbonyl (C=O) groups is 1. The van der Waals surface area contributed by atoms with Crippen LogP contribution in [0.25, 0.3) is 11.0 Å². The van der Waals surface area contributed by atoms with E-state index >= 15 is 0 Å². The summed E-state index contributed by atoms with van der Waals surface area (Å²) in [7, 11) is 0. The van der Waals surface area contributed by atoms with Crippen LogP contribution < -0.4 is 0 Å². The molecule has 0 aliphatic carbocycles. The first-order valence-electron chi connectivity index (χ1n) is 5.73. The van der Waals surface area contributed by atoms with Gasteiger partial charge < -0.3 is 4.74 Å². The van der Waals surface area contributed by atoms with Crippen LogP contribution in [-0.2, 0) is 16.1 Å². The molecule has 1 atom stereocenters. The Bertz CT molecular complexity index is 543. The number of nitrogens with zero attached hydrogens (tertiary/aromatic N) is 3. The average molecular weight is 231 g/mol. The zero-order valence-electron chi connectivity index (χ0n) is 9.37. The molecular weight excluding hydrogens is 218 g/mol. The Morgan fingerprint density at radius 1 is 1.47 bits per heavy atom. The minimum absolute atomic E-state index is 0.0259. The molecule has 1 aliphatic rings. The summed E-state index contributed by atoms with van der Waals surface area (Å²) in [5.74, 6) is 0.205. The molecular formula is C12H13N3O2. The highest BCUT2D eigenvalue weighted by molar-refractivity contribution is 5.83. The summed E-state index contributed by atoms with van der Waals surface area (Å²) in [5, 5.41) is 8.04. The first-order chi connectivity index (χ1) is 8.34. The van der Waals surface area contributed by atoms with Gasteiger partial charge in [0.15, 0.2) is 5.78 Å². The summed E-state index contributed by atoms with van der Waals surface area (Å²) in [5.41, 5.74) is 1.72. The second kappa shape index (κ2) is 4.25. The maximum absolute atomic E-state index is 12.0. The molecule has 0 amide bonds. The first-order valence-corrected chi connectivity index (χ1v) is 5.73. The van der Waals surface area contributed by atoms with E-state index in [-0.39, 0.29) is 18.2 Å². The van der Waals surface area contributed by atoms with Crippen LogP contribution in [0.1, 0.15) is 6.42 Å². The zero-order chi connectivity index (χ0) is 11.7. The van der Waals surface area contributed by atoms with E-state index in [1.807, 2.05) is 24.3 Å². The van der Waals surface area contributed by atoms with Gasteiger partial charge in [0.05, 0.1) is 12.1 Å². The van der Waals surface area contributed by atoms with Crippen LogP contribution in [0.4, 0.5) is 0 Å². The van der Waals surface area contributed by atoms with Gasteiger partial charge in [-0.2, -0.15) is 0 Å². The van der Waals surface area contributed by atoms with Crippen LogP contribution >= 0.6 is 0 Å². The smallest absolute Gasteiger partial charge is 0.159 e. The van der Waals surface area contributed by atoms with Gasteiger partial charge in [-0.05, 0) is 18.6 Å². The molecule has 1 aromatic heterocycles. The number of fused-ring (bicyclic) bond motifs is 1. The molecule has 2 heterocycles. The van der Waals surface area contributed by atoms with Crippen LogP contribution in [0.3, 0.4) is 0 Å². The van der Waals surface area contributed by atoms with E-state index in [1.165, 1.54) is 0 Å². The molecule has 2 aromatic rings. The fourth-order valence-corrected chi connectivity index (χ4v) is 2.10. The van der Waals surface area contributed by atoms with Crippen molar-refractivity contribution in [3.8, 4) is 0 Å². The molecule has 5 nitrogen and oxygen atoms in total. The fourth-order valence-electron chi connectivity index (χ4n) is 2.10. The summed E-state index contributed by atoms with van der Waals surface area (Å²) in [4.78, 5) is 12.0. The van der Waals surface area contributed by atoms with Gasteiger partial charge in [-0.3, -0.25) is 4.79 Å². The Morgan fingerprint density at radius 2 is 2.35 bits per heavy atom. The Kier molecular flexibility index (Phi) is 2.60. The van der Waals surface area contributed by atoms with E-state index in [1.54, 1.807) is 4.68 Å². The topological polar surface area (TPSA) is 57.0 Å². The van der Waals surface area contributed by atoms with Gasteiger partial charge in [0.1, 0.15) is 12.1 Å². The van der Waals surface area contributed by atoms with Gasteiger partial charge in [-0.25, -0.2) is 4.68 Å². The Hall–Kier alpha value is -1.75. The molecule has 1 fully saturated rings. The molecule has 1 aromatic carbocycles. The molecule has 1 unspecified atom stereocenters. The molecule has 0 bridgehead atoms. The molecule has 5 heteroatoms. The highest BCUT2D eigenvalue weighted by Gasteiger charge is 2.24. The molecule has 0 N–H and O–H groups in total. The Balaban J connectivity index is 1.82. The lowest BCUT2D eigenvalue weighted by molar-refractivity contribution is -0.123. The van der Waals surface area contributed by atoms with E-state index in [2.05, 4.69) is 10.3 Å². The monoisotopic (exact) mass is 231 g/mol. The highest BCUT2D eigenvalue weighted by Crippen LogP contribution is 2.16. The maximum Gasteiger partial charge on any atom is 0.159 e. The van der Waals surface area contributed by atoms with E-state index in [0.717, 1.165) is 17.5 Å².